The van der Waals surface area contributed by atoms with E-state index in [1.165, 1.54) is 24.3 Å². The molecule has 11 heteroatoms. The topological polar surface area (TPSA) is 156 Å². The first kappa shape index (κ1) is 35.8. The van der Waals surface area contributed by atoms with Gasteiger partial charge in [0.05, 0.1) is 21.7 Å². The lowest BCUT2D eigenvalue weighted by atomic mass is 9.97. The Morgan fingerprint density at radius 3 is 1.57 bits per heavy atom. The second-order valence-electron chi connectivity index (χ2n) is 15.1. The molecular formula is C35H42O11. The van der Waals surface area contributed by atoms with Crippen LogP contribution in [0.5, 0.6) is 28.7 Å². The van der Waals surface area contributed by atoms with Crippen LogP contribution in [0.25, 0.3) is 22.3 Å². The number of fused-ring (bicyclic) bond motifs is 1. The molecule has 3 aromatic rings. The fourth-order valence-electron chi connectivity index (χ4n) is 3.42. The molecule has 0 aliphatic carbocycles. The monoisotopic (exact) mass is 638 g/mol. The Hall–Kier alpha value is -4.67. The van der Waals surface area contributed by atoms with Gasteiger partial charge in [-0.25, -0.2) is 0 Å². The Bertz CT molecular complexity index is 1770. The van der Waals surface area contributed by atoms with E-state index in [1.54, 1.807) is 83.1 Å². The van der Waals surface area contributed by atoms with Gasteiger partial charge in [-0.3, -0.25) is 24.0 Å². The molecule has 0 aliphatic rings. The molecule has 0 saturated carbocycles. The highest BCUT2D eigenvalue weighted by Gasteiger charge is 2.32. The van der Waals surface area contributed by atoms with Gasteiger partial charge in [0, 0.05) is 17.7 Å². The third kappa shape index (κ3) is 8.13. The Kier molecular flexibility index (Phi) is 9.54. The highest BCUT2D eigenvalue weighted by atomic mass is 16.6. The molecule has 1 heterocycles. The largest absolute Gasteiger partial charge is 0.507 e. The molecule has 0 unspecified atom stereocenters. The second-order valence-corrected chi connectivity index (χ2v) is 15.1. The Morgan fingerprint density at radius 2 is 1.07 bits per heavy atom. The molecule has 0 radical (unpaired) electrons. The fourth-order valence-corrected chi connectivity index (χ4v) is 3.42. The number of benzene rings is 2. The van der Waals surface area contributed by atoms with E-state index < -0.39 is 62.5 Å². The van der Waals surface area contributed by atoms with Crippen LogP contribution in [-0.4, -0.2) is 29.0 Å². The van der Waals surface area contributed by atoms with Gasteiger partial charge in [0.15, 0.2) is 17.3 Å². The number of phenols is 1. The Balaban J connectivity index is 2.35. The fraction of sp³-hybridized carbons (Fsp3) is 0.457. The maximum absolute atomic E-state index is 13.9. The summed E-state index contributed by atoms with van der Waals surface area (Å²) < 4.78 is 28.3. The zero-order valence-corrected chi connectivity index (χ0v) is 28.4. The van der Waals surface area contributed by atoms with Gasteiger partial charge in [-0.15, -0.1) is 0 Å². The molecule has 0 aliphatic heterocycles. The van der Waals surface area contributed by atoms with Crippen LogP contribution in [0, 0.1) is 21.7 Å². The summed E-state index contributed by atoms with van der Waals surface area (Å²) in [5.74, 6) is -4.35. The molecule has 0 amide bonds. The molecule has 0 saturated heterocycles. The maximum atomic E-state index is 13.9. The lowest BCUT2D eigenvalue weighted by Crippen LogP contribution is -2.28. The van der Waals surface area contributed by atoms with Gasteiger partial charge in [0.1, 0.15) is 22.5 Å². The normalized spacial score (nSPS) is 12.4. The predicted octanol–water partition coefficient (Wildman–Crippen LogP) is 6.97. The minimum Gasteiger partial charge on any atom is -0.507 e. The number of hydrogen-bond acceptors (Lipinski definition) is 11. The van der Waals surface area contributed by atoms with Gasteiger partial charge < -0.3 is 28.5 Å². The summed E-state index contributed by atoms with van der Waals surface area (Å²) in [6.45, 7) is 19.6. The van der Waals surface area contributed by atoms with Crippen molar-refractivity contribution in [3.05, 3.63) is 40.6 Å². The van der Waals surface area contributed by atoms with Crippen LogP contribution in [0.3, 0.4) is 0 Å². The average Bonchev–Trinajstić information content (AvgIpc) is 2.88. The van der Waals surface area contributed by atoms with Crippen LogP contribution in [0.2, 0.25) is 0 Å². The van der Waals surface area contributed by atoms with Crippen LogP contribution < -0.4 is 24.4 Å². The van der Waals surface area contributed by atoms with E-state index in [0.717, 1.165) is 6.07 Å². The molecular weight excluding hydrogens is 596 g/mol. The summed E-state index contributed by atoms with van der Waals surface area (Å²) in [5, 5.41) is 10.5. The van der Waals surface area contributed by atoms with Crippen molar-refractivity contribution in [2.24, 2.45) is 21.7 Å². The van der Waals surface area contributed by atoms with Crippen molar-refractivity contribution in [1.29, 1.82) is 0 Å². The van der Waals surface area contributed by atoms with Gasteiger partial charge in [0.25, 0.3) is 0 Å². The smallest absolute Gasteiger partial charge is 0.316 e. The third-order valence-corrected chi connectivity index (χ3v) is 6.37. The zero-order chi connectivity index (χ0) is 35.2. The molecule has 11 nitrogen and oxygen atoms in total. The van der Waals surface area contributed by atoms with E-state index in [0.29, 0.717) is 0 Å². The molecule has 0 bridgehead atoms. The van der Waals surface area contributed by atoms with Crippen molar-refractivity contribution < 1.29 is 47.6 Å². The highest BCUT2D eigenvalue weighted by molar-refractivity contribution is 5.91. The van der Waals surface area contributed by atoms with Gasteiger partial charge >= 0.3 is 23.9 Å². The van der Waals surface area contributed by atoms with Crippen molar-refractivity contribution >= 4 is 34.8 Å². The minimum atomic E-state index is -1.04. The maximum Gasteiger partial charge on any atom is 0.316 e. The number of carbonyl (C=O) groups excluding carboxylic acids is 4. The highest BCUT2D eigenvalue weighted by Crippen LogP contribution is 2.41. The Labute approximate surface area is 267 Å². The minimum absolute atomic E-state index is 0.0772. The van der Waals surface area contributed by atoms with Gasteiger partial charge in [-0.1, -0.05) is 0 Å². The zero-order valence-electron chi connectivity index (χ0n) is 28.4. The summed E-state index contributed by atoms with van der Waals surface area (Å²) in [7, 11) is 0. The molecule has 0 spiro atoms. The van der Waals surface area contributed by atoms with Crippen LogP contribution in [0.4, 0.5) is 0 Å². The van der Waals surface area contributed by atoms with Gasteiger partial charge in [0.2, 0.25) is 11.2 Å². The summed E-state index contributed by atoms with van der Waals surface area (Å²) >= 11 is 0. The number of rotatable bonds is 5. The number of phenolic OH excluding ortho intramolecular Hbond substituents is 1. The first-order valence-electron chi connectivity index (χ1n) is 14.7. The second kappa shape index (κ2) is 12.3. The third-order valence-electron chi connectivity index (χ3n) is 6.37. The van der Waals surface area contributed by atoms with E-state index in [2.05, 4.69) is 0 Å². The van der Waals surface area contributed by atoms with Crippen LogP contribution >= 0.6 is 0 Å². The predicted molar refractivity (Wildman–Crippen MR) is 170 cm³/mol. The van der Waals surface area contributed by atoms with Crippen molar-refractivity contribution in [3.8, 4) is 40.1 Å². The van der Waals surface area contributed by atoms with Gasteiger partial charge in [-0.05, 0) is 101 Å². The van der Waals surface area contributed by atoms with Crippen molar-refractivity contribution in [1.82, 2.24) is 0 Å². The first-order chi connectivity index (χ1) is 20.8. The van der Waals surface area contributed by atoms with E-state index >= 15 is 0 Å². The molecule has 1 aromatic heterocycles. The lowest BCUT2D eigenvalue weighted by Gasteiger charge is -2.21. The average molecular weight is 639 g/mol. The van der Waals surface area contributed by atoms with E-state index in [1.807, 2.05) is 0 Å². The molecule has 0 atom stereocenters. The Morgan fingerprint density at radius 1 is 0.609 bits per heavy atom. The number of carbonyl (C=O) groups is 4. The summed E-state index contributed by atoms with van der Waals surface area (Å²) in [6, 6.07) is 6.40. The van der Waals surface area contributed by atoms with Crippen LogP contribution in [-0.2, 0) is 19.2 Å². The van der Waals surface area contributed by atoms with Gasteiger partial charge in [-0.2, -0.15) is 0 Å². The summed E-state index contributed by atoms with van der Waals surface area (Å²) in [6.07, 6.45) is 0. The quantitative estimate of drug-likeness (QED) is 0.227. The SMILES string of the molecule is CC(C)(C)C(=O)Oc1cc(O)c2c(=O)c(OC(=O)C(C)(C)C)c(-c3ccc(OC(=O)C(C)(C)C)c(OC(=O)C(C)(C)C)c3)oc2c1. The van der Waals surface area contributed by atoms with E-state index in [-0.39, 0.29) is 39.5 Å². The van der Waals surface area contributed by atoms with Crippen molar-refractivity contribution in [2.75, 3.05) is 0 Å². The number of ether oxygens (including phenoxy) is 4. The molecule has 46 heavy (non-hydrogen) atoms. The lowest BCUT2D eigenvalue weighted by molar-refractivity contribution is -0.145. The molecule has 3 rings (SSSR count). The van der Waals surface area contributed by atoms with Crippen molar-refractivity contribution in [3.63, 3.8) is 0 Å². The van der Waals surface area contributed by atoms with Crippen LogP contribution in [0.15, 0.2) is 39.5 Å². The van der Waals surface area contributed by atoms with Crippen LogP contribution in [0.1, 0.15) is 83.1 Å². The number of esters is 4. The standard InChI is InChI=1S/C35H42O11/c1-32(2,3)28(38)42-19-16-20(36)24-23(17-19)43-26(27(25(24)37)46-31(41)35(10,11)12)18-13-14-21(44-29(39)33(4,5)6)22(15-18)45-30(40)34(7,8)9/h13-17,36H,1-12H3. The molecule has 0 fully saturated rings. The number of aromatic hydroxyl groups is 1. The van der Waals surface area contributed by atoms with E-state index in [9.17, 15) is 29.1 Å². The molecule has 248 valence electrons. The van der Waals surface area contributed by atoms with Crippen molar-refractivity contribution in [2.45, 2.75) is 83.1 Å². The first-order valence-corrected chi connectivity index (χ1v) is 14.7. The summed E-state index contributed by atoms with van der Waals surface area (Å²) in [4.78, 5) is 65.1. The summed E-state index contributed by atoms with van der Waals surface area (Å²) in [5.41, 5.74) is -4.73. The molecule has 1 N–H and O–H groups in total. The van der Waals surface area contributed by atoms with E-state index in [4.69, 9.17) is 23.4 Å². The number of hydrogen-bond donors (Lipinski definition) is 1. The molecule has 2 aromatic carbocycles.